The molecule has 25 heavy (non-hydrogen) atoms. The van der Waals surface area contributed by atoms with Crippen LogP contribution in [0.2, 0.25) is 0 Å². The summed E-state index contributed by atoms with van der Waals surface area (Å²) in [5, 5.41) is 0. The molecule has 2 saturated heterocycles. The van der Waals surface area contributed by atoms with Crippen LogP contribution in [0, 0.1) is 11.7 Å². The maximum Gasteiger partial charge on any atom is 0.264 e. The van der Waals surface area contributed by atoms with Crippen molar-refractivity contribution in [2.75, 3.05) is 39.4 Å². The zero-order chi connectivity index (χ0) is 17.4. The number of carbonyl (C=O) groups excluding carboxylic acids is 1. The summed E-state index contributed by atoms with van der Waals surface area (Å²) >= 11 is 0. The van der Waals surface area contributed by atoms with Crippen LogP contribution in [0.15, 0.2) is 18.2 Å². The second kappa shape index (κ2) is 6.92. The fourth-order valence-electron chi connectivity index (χ4n) is 4.33. The summed E-state index contributed by atoms with van der Waals surface area (Å²) < 4.78 is 25.0. The molecule has 3 aliphatic heterocycles. The van der Waals surface area contributed by atoms with E-state index in [-0.39, 0.29) is 17.5 Å². The van der Waals surface area contributed by atoms with E-state index < -0.39 is 6.10 Å². The van der Waals surface area contributed by atoms with Crippen molar-refractivity contribution in [1.29, 1.82) is 0 Å². The Labute approximate surface area is 147 Å². The number of para-hydroxylation sites is 1. The monoisotopic (exact) mass is 348 g/mol. The predicted molar refractivity (Wildman–Crippen MR) is 91.1 cm³/mol. The number of fused-ring (bicyclic) bond motifs is 1. The van der Waals surface area contributed by atoms with Gasteiger partial charge in [-0.05, 0) is 12.0 Å². The molecule has 0 N–H and O–H groups in total. The van der Waals surface area contributed by atoms with Crippen LogP contribution in [0.4, 0.5) is 4.39 Å². The molecule has 0 radical (unpaired) electrons. The first-order valence-electron chi connectivity index (χ1n) is 9.22. The molecule has 0 saturated carbocycles. The highest BCUT2D eigenvalue weighted by Crippen LogP contribution is 2.33. The second-order valence-electron chi connectivity index (χ2n) is 7.17. The van der Waals surface area contributed by atoms with Crippen LogP contribution in [0.3, 0.4) is 0 Å². The summed E-state index contributed by atoms with van der Waals surface area (Å²) in [5.74, 6) is 0.330. The molecule has 5 nitrogen and oxygen atoms in total. The van der Waals surface area contributed by atoms with E-state index in [1.54, 1.807) is 6.07 Å². The van der Waals surface area contributed by atoms with Gasteiger partial charge in [-0.1, -0.05) is 25.5 Å². The average molecular weight is 348 g/mol. The minimum atomic E-state index is -0.590. The van der Waals surface area contributed by atoms with Gasteiger partial charge in [0.2, 0.25) is 0 Å². The molecule has 1 aromatic carbocycles. The Hall–Kier alpha value is -1.66. The molecule has 0 bridgehead atoms. The first-order chi connectivity index (χ1) is 12.2. The molecule has 1 amide bonds. The van der Waals surface area contributed by atoms with Crippen molar-refractivity contribution in [3.63, 3.8) is 0 Å². The lowest BCUT2D eigenvalue weighted by molar-refractivity contribution is -0.137. The van der Waals surface area contributed by atoms with Crippen LogP contribution in [0.1, 0.15) is 18.9 Å². The number of benzene rings is 1. The van der Waals surface area contributed by atoms with Gasteiger partial charge in [-0.3, -0.25) is 9.69 Å². The van der Waals surface area contributed by atoms with Crippen molar-refractivity contribution >= 4 is 5.91 Å². The van der Waals surface area contributed by atoms with E-state index in [0.29, 0.717) is 18.4 Å². The van der Waals surface area contributed by atoms with Crippen LogP contribution in [-0.4, -0.2) is 67.2 Å². The number of morpholine rings is 1. The second-order valence-corrected chi connectivity index (χ2v) is 7.17. The fraction of sp³-hybridized carbons (Fsp3) is 0.632. The van der Waals surface area contributed by atoms with Gasteiger partial charge in [-0.2, -0.15) is 0 Å². The molecule has 0 aromatic heterocycles. The molecular formula is C19H25FN2O3. The largest absolute Gasteiger partial charge is 0.477 e. The number of nitrogens with zero attached hydrogens (tertiary/aromatic N) is 2. The molecule has 4 rings (SSSR count). The van der Waals surface area contributed by atoms with E-state index in [1.165, 1.54) is 6.07 Å². The van der Waals surface area contributed by atoms with Gasteiger partial charge in [0.15, 0.2) is 17.7 Å². The van der Waals surface area contributed by atoms with E-state index in [2.05, 4.69) is 11.8 Å². The molecule has 0 aliphatic carbocycles. The zero-order valence-electron chi connectivity index (χ0n) is 14.6. The lowest BCUT2D eigenvalue weighted by Crippen LogP contribution is -2.48. The van der Waals surface area contributed by atoms with Crippen molar-refractivity contribution in [2.45, 2.75) is 31.9 Å². The maximum absolute atomic E-state index is 13.9. The quantitative estimate of drug-likeness (QED) is 0.834. The number of rotatable bonds is 3. The summed E-state index contributed by atoms with van der Waals surface area (Å²) in [4.78, 5) is 17.3. The lowest BCUT2D eigenvalue weighted by atomic mass is 9.99. The van der Waals surface area contributed by atoms with Crippen molar-refractivity contribution < 1.29 is 18.7 Å². The van der Waals surface area contributed by atoms with Crippen LogP contribution < -0.4 is 4.74 Å². The summed E-state index contributed by atoms with van der Waals surface area (Å²) in [5.41, 5.74) is 0.786. The molecule has 0 unspecified atom stereocenters. The van der Waals surface area contributed by atoms with E-state index in [4.69, 9.17) is 9.47 Å². The molecule has 0 spiro atoms. The Kier molecular flexibility index (Phi) is 4.65. The van der Waals surface area contributed by atoms with Crippen LogP contribution in [-0.2, 0) is 16.0 Å². The Bertz CT molecular complexity index is 648. The van der Waals surface area contributed by atoms with Gasteiger partial charge in [0.05, 0.1) is 13.2 Å². The third-order valence-corrected chi connectivity index (χ3v) is 5.75. The molecule has 136 valence electrons. The van der Waals surface area contributed by atoms with Crippen molar-refractivity contribution in [1.82, 2.24) is 9.80 Å². The number of hydrogen-bond acceptors (Lipinski definition) is 4. The predicted octanol–water partition coefficient (Wildman–Crippen LogP) is 1.70. The van der Waals surface area contributed by atoms with Crippen LogP contribution in [0.5, 0.6) is 5.75 Å². The van der Waals surface area contributed by atoms with Gasteiger partial charge in [0.25, 0.3) is 5.91 Å². The first-order valence-corrected chi connectivity index (χ1v) is 9.22. The Morgan fingerprint density at radius 2 is 2.08 bits per heavy atom. The fourth-order valence-corrected chi connectivity index (χ4v) is 4.33. The third kappa shape index (κ3) is 3.13. The van der Waals surface area contributed by atoms with Crippen molar-refractivity contribution in [3.05, 3.63) is 29.6 Å². The minimum absolute atomic E-state index is 0.00944. The zero-order valence-corrected chi connectivity index (χ0v) is 14.6. The normalized spacial score (nSPS) is 29.5. The molecule has 3 aliphatic rings. The van der Waals surface area contributed by atoms with Gasteiger partial charge in [0.1, 0.15) is 0 Å². The Morgan fingerprint density at radius 3 is 2.80 bits per heavy atom. The Balaban J connectivity index is 1.44. The molecular weight excluding hydrogens is 323 g/mol. The standard InChI is InChI=1S/C19H25FN2O3/c1-2-13-11-22(12-16(13)21-6-8-24-9-7-21)19(23)17-10-14-4-3-5-15(20)18(14)25-17/h3-5,13,16-17H,2,6-12H2,1H3/t13-,16-,17+/m1/s1. The lowest BCUT2D eigenvalue weighted by Gasteiger charge is -2.34. The van der Waals surface area contributed by atoms with E-state index >= 15 is 0 Å². The molecule has 1 aromatic rings. The highest BCUT2D eigenvalue weighted by molar-refractivity contribution is 5.83. The number of amides is 1. The summed E-state index contributed by atoms with van der Waals surface area (Å²) in [6, 6.07) is 5.27. The summed E-state index contributed by atoms with van der Waals surface area (Å²) in [6.07, 6.45) is 0.918. The van der Waals surface area contributed by atoms with E-state index in [1.807, 2.05) is 11.0 Å². The molecule has 6 heteroatoms. The topological polar surface area (TPSA) is 42.0 Å². The van der Waals surface area contributed by atoms with E-state index in [0.717, 1.165) is 51.4 Å². The van der Waals surface area contributed by atoms with Crippen molar-refractivity contribution in [2.24, 2.45) is 5.92 Å². The summed E-state index contributed by atoms with van der Waals surface area (Å²) in [7, 11) is 0. The number of hydrogen-bond donors (Lipinski definition) is 0. The molecule has 2 fully saturated rings. The first kappa shape index (κ1) is 16.8. The van der Waals surface area contributed by atoms with Crippen molar-refractivity contribution in [3.8, 4) is 5.75 Å². The number of ether oxygens (including phenoxy) is 2. The molecule has 3 atom stereocenters. The van der Waals surface area contributed by atoms with Gasteiger partial charge < -0.3 is 14.4 Å². The maximum atomic E-state index is 13.9. The number of halogens is 1. The smallest absolute Gasteiger partial charge is 0.264 e. The summed E-state index contributed by atoms with van der Waals surface area (Å²) in [6.45, 7) is 7.07. The molecule has 3 heterocycles. The number of carbonyl (C=O) groups is 1. The highest BCUT2D eigenvalue weighted by atomic mass is 19.1. The van der Waals surface area contributed by atoms with Gasteiger partial charge >= 0.3 is 0 Å². The Morgan fingerprint density at radius 1 is 1.28 bits per heavy atom. The minimum Gasteiger partial charge on any atom is -0.477 e. The SMILES string of the molecule is CC[C@@H]1CN(C(=O)[C@@H]2Cc3cccc(F)c3O2)C[C@H]1N1CCOCC1. The van der Waals surface area contributed by atoms with Crippen LogP contribution >= 0.6 is 0 Å². The van der Waals surface area contributed by atoms with Crippen LogP contribution in [0.25, 0.3) is 0 Å². The number of likely N-dealkylation sites (tertiary alicyclic amines) is 1. The van der Waals surface area contributed by atoms with E-state index in [9.17, 15) is 9.18 Å². The van der Waals surface area contributed by atoms with Gasteiger partial charge in [-0.15, -0.1) is 0 Å². The third-order valence-electron chi connectivity index (χ3n) is 5.75. The highest BCUT2D eigenvalue weighted by Gasteiger charge is 2.42. The average Bonchev–Trinajstić information content (AvgIpc) is 3.27. The van der Waals surface area contributed by atoms with Gasteiger partial charge in [-0.25, -0.2) is 4.39 Å². The van der Waals surface area contributed by atoms with Gasteiger partial charge in [0, 0.05) is 44.2 Å².